The monoisotopic (exact) mass is 275 g/mol. The van der Waals surface area contributed by atoms with Crippen molar-refractivity contribution in [3.63, 3.8) is 0 Å². The molecule has 0 aliphatic carbocycles. The molecule has 0 bridgehead atoms. The van der Waals surface area contributed by atoms with Crippen molar-refractivity contribution in [1.29, 1.82) is 0 Å². The highest BCUT2D eigenvalue weighted by Crippen LogP contribution is 2.19. The van der Waals surface area contributed by atoms with Crippen LogP contribution in [0.1, 0.15) is 11.1 Å². The van der Waals surface area contributed by atoms with Crippen LogP contribution in [0.4, 0.5) is 0 Å². The third-order valence-corrected chi connectivity index (χ3v) is 3.25. The number of likely N-dealkylation sites (N-methyl/N-ethyl adjacent to an activating group) is 1. The SMILES string of the molecule is Cc1cc(C#CCO)ccc1OCC1CN(C)CCO1. The fourth-order valence-corrected chi connectivity index (χ4v) is 2.18. The summed E-state index contributed by atoms with van der Waals surface area (Å²) in [7, 11) is 2.09. The van der Waals surface area contributed by atoms with Crippen molar-refractivity contribution in [2.24, 2.45) is 0 Å². The van der Waals surface area contributed by atoms with E-state index in [1.165, 1.54) is 0 Å². The quantitative estimate of drug-likeness (QED) is 0.837. The molecule has 1 saturated heterocycles. The van der Waals surface area contributed by atoms with Crippen LogP contribution in [0, 0.1) is 18.8 Å². The second kappa shape index (κ2) is 7.30. The first kappa shape index (κ1) is 14.9. The number of benzene rings is 1. The summed E-state index contributed by atoms with van der Waals surface area (Å²) >= 11 is 0. The molecule has 0 radical (unpaired) electrons. The summed E-state index contributed by atoms with van der Waals surface area (Å²) in [6.45, 7) is 5.08. The summed E-state index contributed by atoms with van der Waals surface area (Å²) in [6.07, 6.45) is 0.127. The zero-order valence-corrected chi connectivity index (χ0v) is 12.1. The number of rotatable bonds is 3. The highest BCUT2D eigenvalue weighted by molar-refractivity contribution is 5.43. The van der Waals surface area contributed by atoms with Gasteiger partial charge in [-0.05, 0) is 37.7 Å². The van der Waals surface area contributed by atoms with Gasteiger partial charge in [-0.2, -0.15) is 0 Å². The van der Waals surface area contributed by atoms with E-state index in [4.69, 9.17) is 14.6 Å². The van der Waals surface area contributed by atoms with E-state index < -0.39 is 0 Å². The summed E-state index contributed by atoms with van der Waals surface area (Å²) in [5, 5.41) is 8.69. The molecule has 1 aliphatic heterocycles. The molecule has 20 heavy (non-hydrogen) atoms. The van der Waals surface area contributed by atoms with Crippen molar-refractivity contribution in [1.82, 2.24) is 4.90 Å². The molecule has 108 valence electrons. The summed E-state index contributed by atoms with van der Waals surface area (Å²) in [6, 6.07) is 5.79. The van der Waals surface area contributed by atoms with E-state index in [2.05, 4.69) is 23.8 Å². The van der Waals surface area contributed by atoms with Crippen molar-refractivity contribution in [3.8, 4) is 17.6 Å². The first-order chi connectivity index (χ1) is 9.69. The molecule has 2 rings (SSSR count). The first-order valence-electron chi connectivity index (χ1n) is 6.82. The normalized spacial score (nSPS) is 19.2. The molecule has 4 heteroatoms. The van der Waals surface area contributed by atoms with E-state index >= 15 is 0 Å². The van der Waals surface area contributed by atoms with Gasteiger partial charge in [0.05, 0.1) is 6.61 Å². The molecular weight excluding hydrogens is 254 g/mol. The number of hydrogen-bond acceptors (Lipinski definition) is 4. The lowest BCUT2D eigenvalue weighted by Gasteiger charge is -2.30. The number of hydrogen-bond donors (Lipinski definition) is 1. The Bertz CT molecular complexity index is 504. The van der Waals surface area contributed by atoms with Gasteiger partial charge in [0.1, 0.15) is 25.1 Å². The summed E-state index contributed by atoms with van der Waals surface area (Å²) in [4.78, 5) is 2.25. The molecule has 0 spiro atoms. The van der Waals surface area contributed by atoms with E-state index in [0.717, 1.165) is 36.6 Å². The highest BCUT2D eigenvalue weighted by atomic mass is 16.5. The number of aliphatic hydroxyl groups excluding tert-OH is 1. The molecule has 4 nitrogen and oxygen atoms in total. The molecule has 1 aromatic carbocycles. The van der Waals surface area contributed by atoms with Crippen molar-refractivity contribution >= 4 is 0 Å². The maximum absolute atomic E-state index is 8.69. The van der Waals surface area contributed by atoms with Crippen molar-refractivity contribution in [3.05, 3.63) is 29.3 Å². The molecule has 1 atom stereocenters. The lowest BCUT2D eigenvalue weighted by Crippen LogP contribution is -2.42. The fraction of sp³-hybridized carbons (Fsp3) is 0.500. The topological polar surface area (TPSA) is 41.9 Å². The standard InChI is InChI=1S/C16H21NO3/c1-13-10-14(4-3-8-18)5-6-16(13)20-12-15-11-17(2)7-9-19-15/h5-6,10,15,18H,7-9,11-12H2,1-2H3. The van der Waals surface area contributed by atoms with Gasteiger partial charge < -0.3 is 19.5 Å². The Kier molecular flexibility index (Phi) is 5.42. The predicted molar refractivity (Wildman–Crippen MR) is 77.9 cm³/mol. The van der Waals surface area contributed by atoms with Gasteiger partial charge >= 0.3 is 0 Å². The maximum atomic E-state index is 8.69. The number of aliphatic hydroxyl groups is 1. The lowest BCUT2D eigenvalue weighted by molar-refractivity contribution is -0.0404. The zero-order valence-electron chi connectivity index (χ0n) is 12.1. The van der Waals surface area contributed by atoms with Gasteiger partial charge in [0.25, 0.3) is 0 Å². The van der Waals surface area contributed by atoms with Crippen molar-refractivity contribution in [2.45, 2.75) is 13.0 Å². The second-order valence-corrected chi connectivity index (χ2v) is 5.01. The van der Waals surface area contributed by atoms with Crippen LogP contribution >= 0.6 is 0 Å². The van der Waals surface area contributed by atoms with Gasteiger partial charge in [-0.15, -0.1) is 0 Å². The molecule has 1 heterocycles. The van der Waals surface area contributed by atoms with E-state index in [9.17, 15) is 0 Å². The van der Waals surface area contributed by atoms with E-state index in [1.807, 2.05) is 25.1 Å². The number of aryl methyl sites for hydroxylation is 1. The minimum atomic E-state index is -0.121. The zero-order chi connectivity index (χ0) is 14.4. The van der Waals surface area contributed by atoms with Crippen molar-refractivity contribution < 1.29 is 14.6 Å². The van der Waals surface area contributed by atoms with Crippen molar-refractivity contribution in [2.75, 3.05) is 40.0 Å². The second-order valence-electron chi connectivity index (χ2n) is 5.01. The molecular formula is C16H21NO3. The van der Waals surface area contributed by atoms with Crippen LogP contribution in [0.15, 0.2) is 18.2 Å². The number of ether oxygens (including phenoxy) is 2. The van der Waals surface area contributed by atoms with Crippen LogP contribution in [0.2, 0.25) is 0 Å². The average Bonchev–Trinajstić information content (AvgIpc) is 2.44. The summed E-state index contributed by atoms with van der Waals surface area (Å²) in [5.41, 5.74) is 1.93. The van der Waals surface area contributed by atoms with Crippen LogP contribution in [-0.4, -0.2) is 56.1 Å². The van der Waals surface area contributed by atoms with Gasteiger partial charge in [0.15, 0.2) is 0 Å². The van der Waals surface area contributed by atoms with Gasteiger partial charge in [-0.1, -0.05) is 11.8 Å². The molecule has 1 N–H and O–H groups in total. The third kappa shape index (κ3) is 4.24. The molecule has 0 amide bonds. The molecule has 0 aromatic heterocycles. The van der Waals surface area contributed by atoms with Crippen LogP contribution < -0.4 is 4.74 Å². The molecule has 1 aliphatic rings. The smallest absolute Gasteiger partial charge is 0.122 e. The van der Waals surface area contributed by atoms with E-state index in [-0.39, 0.29) is 12.7 Å². The maximum Gasteiger partial charge on any atom is 0.122 e. The van der Waals surface area contributed by atoms with E-state index in [0.29, 0.717) is 6.61 Å². The molecule has 1 unspecified atom stereocenters. The van der Waals surface area contributed by atoms with Crippen LogP contribution in [0.3, 0.4) is 0 Å². The number of nitrogens with zero attached hydrogens (tertiary/aromatic N) is 1. The molecule has 1 fully saturated rings. The van der Waals surface area contributed by atoms with Gasteiger partial charge in [-0.25, -0.2) is 0 Å². The third-order valence-electron chi connectivity index (χ3n) is 3.25. The summed E-state index contributed by atoms with van der Waals surface area (Å²) < 4.78 is 11.5. The largest absolute Gasteiger partial charge is 0.491 e. The molecule has 1 aromatic rings. The lowest BCUT2D eigenvalue weighted by atomic mass is 10.1. The van der Waals surface area contributed by atoms with Crippen LogP contribution in [0.25, 0.3) is 0 Å². The predicted octanol–water partition coefficient (Wildman–Crippen LogP) is 1.05. The minimum Gasteiger partial charge on any atom is -0.491 e. The molecule has 0 saturated carbocycles. The Morgan fingerprint density at radius 2 is 2.35 bits per heavy atom. The van der Waals surface area contributed by atoms with Crippen LogP contribution in [0.5, 0.6) is 5.75 Å². The Morgan fingerprint density at radius 1 is 1.50 bits per heavy atom. The van der Waals surface area contributed by atoms with E-state index in [1.54, 1.807) is 0 Å². The van der Waals surface area contributed by atoms with Crippen LogP contribution in [-0.2, 0) is 4.74 Å². The highest BCUT2D eigenvalue weighted by Gasteiger charge is 2.18. The Hall–Kier alpha value is -1.54. The Balaban J connectivity index is 1.92. The first-order valence-corrected chi connectivity index (χ1v) is 6.82. The fourth-order valence-electron chi connectivity index (χ4n) is 2.18. The van der Waals surface area contributed by atoms with Gasteiger partial charge in [-0.3, -0.25) is 0 Å². The average molecular weight is 275 g/mol. The number of morpholine rings is 1. The Morgan fingerprint density at radius 3 is 3.05 bits per heavy atom. The summed E-state index contributed by atoms with van der Waals surface area (Å²) in [5.74, 6) is 6.38. The minimum absolute atomic E-state index is 0.121. The Labute approximate surface area is 120 Å². The van der Waals surface area contributed by atoms with Gasteiger partial charge in [0.2, 0.25) is 0 Å². The van der Waals surface area contributed by atoms with Gasteiger partial charge in [0, 0.05) is 18.7 Å².